The first-order chi connectivity index (χ1) is 12.7. The van der Waals surface area contributed by atoms with Crippen molar-refractivity contribution in [1.29, 1.82) is 0 Å². The quantitative estimate of drug-likeness (QED) is 0.755. The molecule has 0 spiro atoms. The van der Waals surface area contributed by atoms with E-state index in [0.29, 0.717) is 33.6 Å². The molecule has 1 aromatic carbocycles. The van der Waals surface area contributed by atoms with Gasteiger partial charge in [-0.15, -0.1) is 0 Å². The number of nitrogens with one attached hydrogen (secondary N) is 1. The van der Waals surface area contributed by atoms with Gasteiger partial charge in [-0.25, -0.2) is 0 Å². The van der Waals surface area contributed by atoms with E-state index >= 15 is 0 Å². The van der Waals surface area contributed by atoms with Crippen molar-refractivity contribution in [2.75, 3.05) is 11.4 Å². The molecule has 6 heteroatoms. The minimum absolute atomic E-state index is 0.0248. The summed E-state index contributed by atoms with van der Waals surface area (Å²) >= 11 is 12.3. The summed E-state index contributed by atoms with van der Waals surface area (Å²) in [5, 5.41) is 3.94. The first kappa shape index (κ1) is 20.5. The molecule has 148 valence electrons. The van der Waals surface area contributed by atoms with Crippen molar-refractivity contribution in [3.05, 3.63) is 28.2 Å². The lowest BCUT2D eigenvalue weighted by Crippen LogP contribution is -2.42. The molecule has 3 rings (SSSR count). The molecule has 1 aliphatic heterocycles. The van der Waals surface area contributed by atoms with E-state index in [2.05, 4.69) is 26.1 Å². The Labute approximate surface area is 171 Å². The van der Waals surface area contributed by atoms with Gasteiger partial charge < -0.3 is 10.2 Å². The van der Waals surface area contributed by atoms with Crippen LogP contribution in [0.2, 0.25) is 10.0 Å². The first-order valence-corrected chi connectivity index (χ1v) is 10.5. The maximum atomic E-state index is 12.7. The van der Waals surface area contributed by atoms with Crippen LogP contribution in [-0.2, 0) is 9.59 Å². The third-order valence-electron chi connectivity index (χ3n) is 6.02. The Morgan fingerprint density at radius 1 is 1.15 bits per heavy atom. The molecule has 27 heavy (non-hydrogen) atoms. The zero-order valence-electron chi connectivity index (χ0n) is 16.2. The van der Waals surface area contributed by atoms with Crippen LogP contribution in [0, 0.1) is 17.3 Å². The Morgan fingerprint density at radius 2 is 1.81 bits per heavy atom. The highest BCUT2D eigenvalue weighted by Crippen LogP contribution is 2.38. The molecule has 2 aliphatic rings. The van der Waals surface area contributed by atoms with E-state index in [9.17, 15) is 9.59 Å². The van der Waals surface area contributed by atoms with Crippen LogP contribution >= 0.6 is 23.2 Å². The standard InChI is InChI=1S/C21H28Cl2N2O2/c1-21(2,3)14-7-9-15(10-8-14)24-20(27)13-11-18(26)25(12-13)17-6-4-5-16(22)19(17)23/h4-6,13-15H,7-12H2,1-3H3,(H,24,27)/t13-,14?,15?/m1/s1. The third kappa shape index (κ3) is 4.60. The molecule has 1 aliphatic carbocycles. The maximum absolute atomic E-state index is 12.7. The predicted octanol–water partition coefficient (Wildman–Crippen LogP) is 5.07. The summed E-state index contributed by atoms with van der Waals surface area (Å²) in [5.74, 6) is 0.256. The van der Waals surface area contributed by atoms with E-state index in [1.807, 2.05) is 0 Å². The summed E-state index contributed by atoms with van der Waals surface area (Å²) in [4.78, 5) is 26.7. The zero-order chi connectivity index (χ0) is 19.8. The zero-order valence-corrected chi connectivity index (χ0v) is 17.7. The van der Waals surface area contributed by atoms with E-state index < -0.39 is 0 Å². The minimum Gasteiger partial charge on any atom is -0.353 e. The predicted molar refractivity (Wildman–Crippen MR) is 110 cm³/mol. The molecular weight excluding hydrogens is 383 g/mol. The van der Waals surface area contributed by atoms with Gasteiger partial charge in [-0.2, -0.15) is 0 Å². The Balaban J connectivity index is 1.58. The fourth-order valence-corrected chi connectivity index (χ4v) is 4.64. The van der Waals surface area contributed by atoms with Gasteiger partial charge >= 0.3 is 0 Å². The van der Waals surface area contributed by atoms with Crippen molar-refractivity contribution in [2.24, 2.45) is 17.3 Å². The second-order valence-corrected chi connectivity index (χ2v) is 9.69. The van der Waals surface area contributed by atoms with Crippen molar-refractivity contribution in [1.82, 2.24) is 5.32 Å². The number of nitrogens with zero attached hydrogens (tertiary/aromatic N) is 1. The molecule has 1 N–H and O–H groups in total. The van der Waals surface area contributed by atoms with Crippen LogP contribution in [0.15, 0.2) is 18.2 Å². The molecule has 0 bridgehead atoms. The topological polar surface area (TPSA) is 49.4 Å². The average Bonchev–Trinajstić information content (AvgIpc) is 2.99. The molecular formula is C21H28Cl2N2O2. The second kappa shape index (κ2) is 8.00. The highest BCUT2D eigenvalue weighted by molar-refractivity contribution is 6.44. The molecule has 0 aromatic heterocycles. The molecule has 1 aromatic rings. The number of hydrogen-bond acceptors (Lipinski definition) is 2. The van der Waals surface area contributed by atoms with Gasteiger partial charge in [0.05, 0.1) is 21.7 Å². The smallest absolute Gasteiger partial charge is 0.227 e. The molecule has 1 heterocycles. The Kier molecular flexibility index (Phi) is 6.07. The highest BCUT2D eigenvalue weighted by Gasteiger charge is 2.37. The van der Waals surface area contributed by atoms with E-state index in [4.69, 9.17) is 23.2 Å². The van der Waals surface area contributed by atoms with E-state index in [1.165, 1.54) is 0 Å². The number of halogens is 2. The van der Waals surface area contributed by atoms with Crippen LogP contribution in [-0.4, -0.2) is 24.4 Å². The number of benzene rings is 1. The Morgan fingerprint density at radius 3 is 2.44 bits per heavy atom. The van der Waals surface area contributed by atoms with Crippen molar-refractivity contribution in [2.45, 2.75) is 58.9 Å². The second-order valence-electron chi connectivity index (χ2n) is 8.90. The number of carbonyl (C=O) groups excluding carboxylic acids is 2. The number of amides is 2. The van der Waals surface area contributed by atoms with E-state index in [1.54, 1.807) is 23.1 Å². The molecule has 1 saturated carbocycles. The number of hydrogen-bond donors (Lipinski definition) is 1. The number of anilines is 1. The van der Waals surface area contributed by atoms with Crippen molar-refractivity contribution in [3.8, 4) is 0 Å². The van der Waals surface area contributed by atoms with Crippen molar-refractivity contribution in [3.63, 3.8) is 0 Å². The van der Waals surface area contributed by atoms with Crippen molar-refractivity contribution >= 4 is 40.7 Å². The van der Waals surface area contributed by atoms with Gasteiger partial charge in [0.15, 0.2) is 0 Å². The van der Waals surface area contributed by atoms with Gasteiger partial charge in [0, 0.05) is 19.0 Å². The molecule has 1 saturated heterocycles. The lowest BCUT2D eigenvalue weighted by atomic mass is 9.71. The number of carbonyl (C=O) groups is 2. The van der Waals surface area contributed by atoms with Gasteiger partial charge in [-0.1, -0.05) is 50.0 Å². The summed E-state index contributed by atoms with van der Waals surface area (Å²) in [6, 6.07) is 5.43. The van der Waals surface area contributed by atoms with Crippen molar-refractivity contribution < 1.29 is 9.59 Å². The fourth-order valence-electron chi connectivity index (χ4n) is 4.24. The monoisotopic (exact) mass is 410 g/mol. The van der Waals surface area contributed by atoms with Crippen LogP contribution in [0.25, 0.3) is 0 Å². The normalized spacial score (nSPS) is 26.3. The summed E-state index contributed by atoms with van der Waals surface area (Å²) in [5.41, 5.74) is 0.902. The molecule has 4 nitrogen and oxygen atoms in total. The van der Waals surface area contributed by atoms with Gasteiger partial charge in [0.25, 0.3) is 0 Å². The molecule has 1 atom stereocenters. The Bertz CT molecular complexity index is 721. The first-order valence-electron chi connectivity index (χ1n) is 9.71. The summed E-state index contributed by atoms with van der Waals surface area (Å²) in [6.45, 7) is 7.21. The third-order valence-corrected chi connectivity index (χ3v) is 6.83. The van der Waals surface area contributed by atoms with Gasteiger partial charge in [-0.3, -0.25) is 9.59 Å². The van der Waals surface area contributed by atoms with E-state index in [0.717, 1.165) is 25.7 Å². The Hall–Kier alpha value is -1.26. The summed E-state index contributed by atoms with van der Waals surface area (Å²) in [7, 11) is 0. The summed E-state index contributed by atoms with van der Waals surface area (Å²) in [6.07, 6.45) is 4.52. The molecule has 0 radical (unpaired) electrons. The average molecular weight is 411 g/mol. The molecule has 0 unspecified atom stereocenters. The van der Waals surface area contributed by atoms with Gasteiger partial charge in [0.2, 0.25) is 11.8 Å². The van der Waals surface area contributed by atoms with Crippen LogP contribution in [0.5, 0.6) is 0 Å². The maximum Gasteiger partial charge on any atom is 0.227 e. The lowest BCUT2D eigenvalue weighted by molar-refractivity contribution is -0.127. The van der Waals surface area contributed by atoms with Crippen LogP contribution in [0.3, 0.4) is 0 Å². The van der Waals surface area contributed by atoms with Crippen LogP contribution in [0.4, 0.5) is 5.69 Å². The number of rotatable bonds is 3. The largest absolute Gasteiger partial charge is 0.353 e. The lowest BCUT2D eigenvalue weighted by Gasteiger charge is -2.37. The fraction of sp³-hybridized carbons (Fsp3) is 0.619. The molecule has 2 fully saturated rings. The summed E-state index contributed by atoms with van der Waals surface area (Å²) < 4.78 is 0. The molecule has 2 amide bonds. The van der Waals surface area contributed by atoms with E-state index in [-0.39, 0.29) is 30.2 Å². The SMILES string of the molecule is CC(C)(C)C1CCC(NC(=O)[C@@H]2CC(=O)N(c3cccc(Cl)c3Cl)C2)CC1. The van der Waals surface area contributed by atoms with Gasteiger partial charge in [0.1, 0.15) is 0 Å². The van der Waals surface area contributed by atoms with Gasteiger partial charge in [-0.05, 0) is 49.1 Å². The highest BCUT2D eigenvalue weighted by atomic mass is 35.5. The minimum atomic E-state index is -0.340. The van der Waals surface area contributed by atoms with Crippen LogP contribution < -0.4 is 10.2 Å². The van der Waals surface area contributed by atoms with Crippen LogP contribution in [0.1, 0.15) is 52.9 Å².